The van der Waals surface area contributed by atoms with Gasteiger partial charge >= 0.3 is 0 Å². The van der Waals surface area contributed by atoms with E-state index in [9.17, 15) is 9.59 Å². The molecule has 2 aromatic rings. The van der Waals surface area contributed by atoms with Crippen LogP contribution in [0.1, 0.15) is 10.4 Å². The van der Waals surface area contributed by atoms with E-state index in [1.54, 1.807) is 12.1 Å². The highest BCUT2D eigenvalue weighted by atomic mass is 32.2. The van der Waals surface area contributed by atoms with Crippen LogP contribution < -0.4 is 10.6 Å². The first-order chi connectivity index (χ1) is 10.3. The van der Waals surface area contributed by atoms with Crippen LogP contribution >= 0.6 is 11.8 Å². The van der Waals surface area contributed by atoms with Gasteiger partial charge in [-0.2, -0.15) is 0 Å². The van der Waals surface area contributed by atoms with Crippen LogP contribution in [0.5, 0.6) is 0 Å². The van der Waals surface area contributed by atoms with Gasteiger partial charge in [0.05, 0.1) is 0 Å². The Kier molecular flexibility index (Phi) is 5.84. The van der Waals surface area contributed by atoms with E-state index in [1.807, 2.05) is 48.5 Å². The molecule has 0 aliphatic rings. The minimum absolute atomic E-state index is 0.125. The van der Waals surface area contributed by atoms with Crippen LogP contribution in [0.15, 0.2) is 60.7 Å². The Balaban J connectivity index is 1.66. The number of carbonyl (C=O) groups is 2. The van der Waals surface area contributed by atoms with E-state index in [2.05, 4.69) is 10.6 Å². The van der Waals surface area contributed by atoms with Crippen molar-refractivity contribution in [2.45, 2.75) is 0 Å². The predicted octanol–water partition coefficient (Wildman–Crippen LogP) is 3.38. The number of thioether (sulfide) groups is 1. The average Bonchev–Trinajstić information content (AvgIpc) is 2.53. The van der Waals surface area contributed by atoms with Crippen molar-refractivity contribution in [1.29, 1.82) is 0 Å². The second kappa shape index (κ2) is 8.11. The highest BCUT2D eigenvalue weighted by Crippen LogP contribution is 2.10. The van der Waals surface area contributed by atoms with Crippen molar-refractivity contribution in [2.75, 3.05) is 17.6 Å². The summed E-state index contributed by atoms with van der Waals surface area (Å²) in [5, 5.41) is 5.42. The molecule has 0 atom stereocenters. The van der Waals surface area contributed by atoms with Gasteiger partial charge in [0.25, 0.3) is 11.1 Å². The topological polar surface area (TPSA) is 58.2 Å². The Morgan fingerprint density at radius 1 is 0.905 bits per heavy atom. The third-order valence-corrected chi connectivity index (χ3v) is 3.45. The zero-order valence-corrected chi connectivity index (χ0v) is 12.2. The van der Waals surface area contributed by atoms with E-state index in [1.165, 1.54) is 0 Å². The van der Waals surface area contributed by atoms with E-state index in [0.717, 1.165) is 17.4 Å². The second-order valence-electron chi connectivity index (χ2n) is 4.25. The molecule has 0 heterocycles. The SMILES string of the molecule is O=C(Nc1ccccc1)SCCNC(=O)c1ccccc1. The van der Waals surface area contributed by atoms with Crippen LogP contribution in [0.25, 0.3) is 0 Å². The first-order valence-electron chi connectivity index (χ1n) is 6.58. The third-order valence-electron chi connectivity index (χ3n) is 2.68. The van der Waals surface area contributed by atoms with Crippen molar-refractivity contribution in [3.8, 4) is 0 Å². The van der Waals surface area contributed by atoms with Crippen LogP contribution in [0.3, 0.4) is 0 Å². The number of hydrogen-bond acceptors (Lipinski definition) is 3. The summed E-state index contributed by atoms with van der Waals surface area (Å²) in [7, 11) is 0. The maximum absolute atomic E-state index is 11.8. The number of amides is 2. The molecule has 108 valence electrons. The first kappa shape index (κ1) is 15.1. The first-order valence-corrected chi connectivity index (χ1v) is 7.56. The lowest BCUT2D eigenvalue weighted by atomic mass is 10.2. The van der Waals surface area contributed by atoms with Gasteiger partial charge in [0.2, 0.25) is 0 Å². The van der Waals surface area contributed by atoms with E-state index in [-0.39, 0.29) is 11.1 Å². The van der Waals surface area contributed by atoms with Crippen molar-refractivity contribution < 1.29 is 9.59 Å². The lowest BCUT2D eigenvalue weighted by Gasteiger charge is -2.06. The summed E-state index contributed by atoms with van der Waals surface area (Å²) in [4.78, 5) is 23.4. The molecule has 21 heavy (non-hydrogen) atoms. The van der Waals surface area contributed by atoms with Crippen molar-refractivity contribution in [2.24, 2.45) is 0 Å². The Labute approximate surface area is 127 Å². The van der Waals surface area contributed by atoms with Crippen LogP contribution in [-0.2, 0) is 0 Å². The molecule has 2 aromatic carbocycles. The largest absolute Gasteiger partial charge is 0.351 e. The predicted molar refractivity (Wildman–Crippen MR) is 86.7 cm³/mol. The minimum atomic E-state index is -0.129. The maximum Gasteiger partial charge on any atom is 0.283 e. The Morgan fingerprint density at radius 2 is 1.52 bits per heavy atom. The fourth-order valence-electron chi connectivity index (χ4n) is 1.68. The highest BCUT2D eigenvalue weighted by Gasteiger charge is 2.05. The second-order valence-corrected chi connectivity index (χ2v) is 5.32. The molecule has 0 saturated heterocycles. The Morgan fingerprint density at radius 3 is 2.19 bits per heavy atom. The standard InChI is InChI=1S/C16H16N2O2S/c19-15(13-7-3-1-4-8-13)17-11-12-21-16(20)18-14-9-5-2-6-10-14/h1-10H,11-12H2,(H,17,19)(H,18,20). The van der Waals surface area contributed by atoms with Gasteiger partial charge in [-0.25, -0.2) is 0 Å². The number of nitrogens with one attached hydrogen (secondary N) is 2. The zero-order valence-electron chi connectivity index (χ0n) is 11.4. The smallest absolute Gasteiger partial charge is 0.283 e. The molecule has 0 bridgehead atoms. The average molecular weight is 300 g/mol. The Hall–Kier alpha value is -2.27. The van der Waals surface area contributed by atoms with Crippen molar-refractivity contribution >= 4 is 28.6 Å². The van der Waals surface area contributed by atoms with Gasteiger partial charge < -0.3 is 10.6 Å². The van der Waals surface area contributed by atoms with Gasteiger partial charge in [-0.3, -0.25) is 9.59 Å². The fraction of sp³-hybridized carbons (Fsp3) is 0.125. The monoisotopic (exact) mass is 300 g/mol. The van der Waals surface area contributed by atoms with Crippen molar-refractivity contribution in [3.63, 3.8) is 0 Å². The quantitative estimate of drug-likeness (QED) is 0.832. The van der Waals surface area contributed by atoms with Gasteiger partial charge in [-0.05, 0) is 24.3 Å². The Bertz CT molecular complexity index is 588. The molecule has 5 heteroatoms. The van der Waals surface area contributed by atoms with Gasteiger partial charge in [-0.15, -0.1) is 0 Å². The fourth-order valence-corrected chi connectivity index (χ4v) is 2.25. The number of carbonyl (C=O) groups excluding carboxylic acids is 2. The van der Waals surface area contributed by atoms with Gasteiger partial charge in [0.15, 0.2) is 0 Å². The molecule has 0 aromatic heterocycles. The molecule has 0 fully saturated rings. The molecule has 0 radical (unpaired) electrons. The summed E-state index contributed by atoms with van der Waals surface area (Å²) in [6.45, 7) is 0.445. The molecule has 0 aliphatic heterocycles. The van der Waals surface area contributed by atoms with Crippen LogP contribution in [-0.4, -0.2) is 23.4 Å². The van der Waals surface area contributed by atoms with E-state index < -0.39 is 0 Å². The number of rotatable bonds is 5. The van der Waals surface area contributed by atoms with Crippen LogP contribution in [0, 0.1) is 0 Å². The molecule has 2 amide bonds. The summed E-state index contributed by atoms with van der Waals surface area (Å²) in [6, 6.07) is 18.3. The molecule has 0 spiro atoms. The van der Waals surface area contributed by atoms with Crippen LogP contribution in [0.2, 0.25) is 0 Å². The number of anilines is 1. The van der Waals surface area contributed by atoms with Crippen LogP contribution in [0.4, 0.5) is 10.5 Å². The van der Waals surface area contributed by atoms with Crippen molar-refractivity contribution in [1.82, 2.24) is 5.32 Å². The van der Waals surface area contributed by atoms with E-state index in [0.29, 0.717) is 17.9 Å². The molecular formula is C16H16N2O2S. The number of benzene rings is 2. The normalized spacial score (nSPS) is 9.90. The number of hydrogen-bond donors (Lipinski definition) is 2. The maximum atomic E-state index is 11.8. The summed E-state index contributed by atoms with van der Waals surface area (Å²) < 4.78 is 0. The molecular weight excluding hydrogens is 284 g/mol. The lowest BCUT2D eigenvalue weighted by molar-refractivity contribution is 0.0956. The molecule has 2 N–H and O–H groups in total. The summed E-state index contributed by atoms with van der Waals surface area (Å²) in [5.74, 6) is 0.400. The van der Waals surface area contributed by atoms with E-state index >= 15 is 0 Å². The third kappa shape index (κ3) is 5.31. The molecule has 2 rings (SSSR count). The van der Waals surface area contributed by atoms with E-state index in [4.69, 9.17) is 0 Å². The summed E-state index contributed by atoms with van der Waals surface area (Å²) in [6.07, 6.45) is 0. The molecule has 4 nitrogen and oxygen atoms in total. The van der Waals surface area contributed by atoms with Gasteiger partial charge in [0.1, 0.15) is 0 Å². The molecule has 0 saturated carbocycles. The summed E-state index contributed by atoms with van der Waals surface area (Å²) in [5.41, 5.74) is 1.39. The summed E-state index contributed by atoms with van der Waals surface area (Å²) >= 11 is 1.14. The van der Waals surface area contributed by atoms with Gasteiger partial charge in [-0.1, -0.05) is 48.2 Å². The number of para-hydroxylation sites is 1. The molecule has 0 unspecified atom stereocenters. The zero-order chi connectivity index (χ0) is 14.9. The molecule has 0 aliphatic carbocycles. The van der Waals surface area contributed by atoms with Crippen molar-refractivity contribution in [3.05, 3.63) is 66.2 Å². The highest BCUT2D eigenvalue weighted by molar-refractivity contribution is 8.13. The van der Waals surface area contributed by atoms with Gasteiger partial charge in [0, 0.05) is 23.5 Å². The lowest BCUT2D eigenvalue weighted by Crippen LogP contribution is -2.26. The minimum Gasteiger partial charge on any atom is -0.351 e.